The molecule has 402 valence electrons. The molecule has 12 aromatic rings. The summed E-state index contributed by atoms with van der Waals surface area (Å²) in [7, 11) is 0. The van der Waals surface area contributed by atoms with Gasteiger partial charge in [-0.3, -0.25) is 0 Å². The van der Waals surface area contributed by atoms with Crippen molar-refractivity contribution in [2.45, 2.75) is 18.3 Å². The van der Waals surface area contributed by atoms with Crippen LogP contribution in [0.5, 0.6) is 17.2 Å². The third-order valence-corrected chi connectivity index (χ3v) is 13.6. The van der Waals surface area contributed by atoms with E-state index < -0.39 is 36.2 Å². The number of fused-ring (bicyclic) bond motifs is 3. The van der Waals surface area contributed by atoms with Gasteiger partial charge in [-0.1, -0.05) is 175 Å². The van der Waals surface area contributed by atoms with Crippen molar-refractivity contribution in [3.05, 3.63) is 248 Å². The molecule has 0 saturated heterocycles. The molecule has 3 N–H and O–H groups in total. The molecule has 3 aromatic heterocycles. The number of carboxylic acid groups (broad SMARTS) is 3. The van der Waals surface area contributed by atoms with Gasteiger partial charge in [0.1, 0.15) is 33.8 Å². The number of aliphatic carboxylic acids is 3. The molecule has 0 aliphatic heterocycles. The van der Waals surface area contributed by atoms with Gasteiger partial charge in [-0.05, 0) is 91.0 Å². The summed E-state index contributed by atoms with van der Waals surface area (Å²) in [4.78, 5) is 48.8. The van der Waals surface area contributed by atoms with Crippen molar-refractivity contribution in [3.63, 3.8) is 0 Å². The van der Waals surface area contributed by atoms with Crippen LogP contribution in [-0.4, -0.2) is 48.2 Å². The molecule has 0 fully saturated rings. The fourth-order valence-corrected chi connectivity index (χ4v) is 9.41. The number of nitrogens with zero attached hydrogens (tertiary/aromatic N) is 3. The number of hydrogen-bond donors (Lipinski definition) is 3. The Balaban J connectivity index is 0.000000136. The maximum atomic E-state index is 11.8. The minimum atomic E-state index is -1.14. The molecule has 15 nitrogen and oxygen atoms in total. The van der Waals surface area contributed by atoms with E-state index in [9.17, 15) is 29.7 Å². The fraction of sp³-hybridized carbons (Fsp3) is 0.0476. The summed E-state index contributed by atoms with van der Waals surface area (Å²) >= 11 is 10.3. The Morgan fingerprint density at radius 2 is 0.593 bits per heavy atom. The smallest absolute Gasteiger partial charge is 0.349 e. The van der Waals surface area contributed by atoms with E-state index in [1.54, 1.807) is 127 Å². The molecule has 0 bridgehead atoms. The van der Waals surface area contributed by atoms with Gasteiger partial charge >= 0.3 is 17.9 Å². The van der Waals surface area contributed by atoms with Gasteiger partial charge in [0.15, 0.2) is 16.7 Å². The Morgan fingerprint density at radius 1 is 0.346 bits per heavy atom. The number of ether oxygens (including phenoxy) is 3. The Labute approximate surface area is 486 Å². The molecule has 0 aliphatic carbocycles. The van der Waals surface area contributed by atoms with Crippen LogP contribution in [-0.2, 0) is 14.4 Å². The maximum Gasteiger partial charge on any atom is 0.349 e. The third kappa shape index (κ3) is 13.2. The molecule has 0 saturated carbocycles. The fourth-order valence-electron chi connectivity index (χ4n) is 8.33. The Bertz CT molecular complexity index is 3650. The van der Waals surface area contributed by atoms with Gasteiger partial charge in [-0.25, -0.2) is 29.3 Å². The molecule has 3 heterocycles. The predicted molar refractivity (Wildman–Crippen MR) is 314 cm³/mol. The van der Waals surface area contributed by atoms with Gasteiger partial charge in [0, 0.05) is 30.1 Å². The molecule has 0 radical (unpaired) electrons. The number of rotatable bonds is 15. The van der Waals surface area contributed by atoms with Crippen molar-refractivity contribution in [2.75, 3.05) is 0 Å². The molecule has 0 spiro atoms. The predicted octanol–water partition coefficient (Wildman–Crippen LogP) is 16.4. The van der Waals surface area contributed by atoms with E-state index in [2.05, 4.69) is 62.7 Å². The minimum Gasteiger partial charge on any atom is -0.478 e. The normalized spacial score (nSPS) is 12.0. The number of hydrogen-bond acceptors (Lipinski definition) is 12. The van der Waals surface area contributed by atoms with E-state index in [0.29, 0.717) is 85.1 Å². The lowest BCUT2D eigenvalue weighted by atomic mass is 10.1. The van der Waals surface area contributed by atoms with Crippen molar-refractivity contribution in [1.82, 2.24) is 15.0 Å². The van der Waals surface area contributed by atoms with Crippen LogP contribution in [0, 0.1) is 0 Å². The van der Waals surface area contributed by atoms with Crippen LogP contribution in [0.3, 0.4) is 0 Å². The third-order valence-electron chi connectivity index (χ3n) is 12.1. The maximum absolute atomic E-state index is 11.8. The summed E-state index contributed by atoms with van der Waals surface area (Å²) in [6.07, 6.45) is -3.43. The van der Waals surface area contributed by atoms with E-state index in [-0.39, 0.29) is 0 Å². The van der Waals surface area contributed by atoms with Crippen LogP contribution >= 0.6 is 47.8 Å². The SMILES string of the molecule is O=C(O)C(Oc1ccc(Br)cc1-c1nc2ccccc2o1)c1ccccc1.O=C(O)C(Oc1ccc(Br)cc1-c1nc2ccccc2o1)c1ccccc1.O=C(O)C(Oc1ccc(Br)cc1-c1nc2ccccc2o1)c1ccccc1. The van der Waals surface area contributed by atoms with Gasteiger partial charge in [-0.15, -0.1) is 0 Å². The summed E-state index contributed by atoms with van der Waals surface area (Å²) in [5.74, 6) is -1.00. The molecule has 0 amide bonds. The molecule has 12 rings (SSSR count). The first kappa shape index (κ1) is 55.0. The van der Waals surface area contributed by atoms with Crippen LogP contribution < -0.4 is 14.2 Å². The van der Waals surface area contributed by atoms with Crippen molar-refractivity contribution < 1.29 is 57.2 Å². The summed E-state index contributed by atoms with van der Waals surface area (Å²) < 4.78 is 37.6. The van der Waals surface area contributed by atoms with Crippen LogP contribution in [0.4, 0.5) is 0 Å². The molecule has 3 unspecified atom stereocenters. The number of oxazole rings is 3. The number of halogens is 3. The van der Waals surface area contributed by atoms with Gasteiger partial charge in [0.05, 0.1) is 16.7 Å². The quantitative estimate of drug-likeness (QED) is 0.0869. The minimum absolute atomic E-state index is 0.365. The highest BCUT2D eigenvalue weighted by Gasteiger charge is 2.28. The Morgan fingerprint density at radius 3 is 0.840 bits per heavy atom. The average molecular weight is 1270 g/mol. The second-order valence-electron chi connectivity index (χ2n) is 17.6. The molecular formula is C63H42Br3N3O12. The van der Waals surface area contributed by atoms with E-state index in [1.165, 1.54) is 0 Å². The van der Waals surface area contributed by atoms with E-state index in [0.717, 1.165) is 30.0 Å². The molecule has 81 heavy (non-hydrogen) atoms. The summed E-state index contributed by atoms with van der Waals surface area (Å²) in [6, 6.07) is 64.6. The molecule has 9 aromatic carbocycles. The van der Waals surface area contributed by atoms with Gasteiger partial charge in [0.2, 0.25) is 36.0 Å². The van der Waals surface area contributed by atoms with Crippen molar-refractivity contribution in [3.8, 4) is 51.6 Å². The molecule has 0 aliphatic rings. The lowest BCUT2D eigenvalue weighted by molar-refractivity contribution is -0.146. The van der Waals surface area contributed by atoms with Crippen molar-refractivity contribution >= 4 is 99.0 Å². The Kier molecular flexibility index (Phi) is 17.1. The van der Waals surface area contributed by atoms with E-state index in [4.69, 9.17) is 27.5 Å². The summed E-state index contributed by atoms with van der Waals surface area (Å²) in [5.41, 5.74) is 7.48. The summed E-state index contributed by atoms with van der Waals surface area (Å²) in [6.45, 7) is 0. The highest BCUT2D eigenvalue weighted by atomic mass is 79.9. The molecule has 18 heteroatoms. The van der Waals surface area contributed by atoms with Crippen molar-refractivity contribution in [2.24, 2.45) is 0 Å². The number of para-hydroxylation sites is 6. The largest absolute Gasteiger partial charge is 0.478 e. The van der Waals surface area contributed by atoms with Gasteiger partial charge in [-0.2, -0.15) is 0 Å². The van der Waals surface area contributed by atoms with Crippen LogP contribution in [0.1, 0.15) is 35.0 Å². The van der Waals surface area contributed by atoms with Crippen LogP contribution in [0.15, 0.2) is 245 Å². The highest BCUT2D eigenvalue weighted by Crippen LogP contribution is 2.40. The first-order chi connectivity index (χ1) is 39.3. The number of benzene rings is 9. The first-order valence-corrected chi connectivity index (χ1v) is 27.0. The van der Waals surface area contributed by atoms with Crippen LogP contribution in [0.25, 0.3) is 67.7 Å². The van der Waals surface area contributed by atoms with Crippen LogP contribution in [0.2, 0.25) is 0 Å². The Hall–Kier alpha value is -9.36. The van der Waals surface area contributed by atoms with Gasteiger partial charge in [0.25, 0.3) is 0 Å². The molecular weight excluding hydrogens is 1230 g/mol. The average Bonchev–Trinajstić information content (AvgIpc) is 4.30. The zero-order chi connectivity index (χ0) is 56.4. The van der Waals surface area contributed by atoms with Gasteiger partial charge < -0.3 is 42.8 Å². The standard InChI is InChI=1S/3C21H14BrNO4/c3*22-14-10-11-17(26-19(21(24)25)13-6-2-1-3-7-13)15(12-14)20-23-16-8-4-5-9-18(16)27-20/h3*1-12,19H,(H,24,25). The second kappa shape index (κ2) is 25.2. The first-order valence-electron chi connectivity index (χ1n) is 24.6. The van der Waals surface area contributed by atoms with E-state index >= 15 is 0 Å². The topological polar surface area (TPSA) is 218 Å². The lowest BCUT2D eigenvalue weighted by Crippen LogP contribution is -2.18. The highest BCUT2D eigenvalue weighted by molar-refractivity contribution is 9.11. The molecule has 3 atom stereocenters. The lowest BCUT2D eigenvalue weighted by Gasteiger charge is -2.17. The zero-order valence-corrected chi connectivity index (χ0v) is 46.8. The zero-order valence-electron chi connectivity index (χ0n) is 42.0. The number of aromatic nitrogens is 3. The summed E-state index contributed by atoms with van der Waals surface area (Å²) in [5, 5.41) is 28.9. The number of carbonyl (C=O) groups is 3. The second-order valence-corrected chi connectivity index (χ2v) is 20.4. The van der Waals surface area contributed by atoms with E-state index in [1.807, 2.05) is 91.0 Å². The monoisotopic (exact) mass is 1270 g/mol. The van der Waals surface area contributed by atoms with Crippen molar-refractivity contribution in [1.29, 1.82) is 0 Å². The number of carboxylic acids is 3.